The molecule has 0 radical (unpaired) electrons. The minimum Gasteiger partial charge on any atom is -0.400 e. The lowest BCUT2D eigenvalue weighted by molar-refractivity contribution is 0.287. The van der Waals surface area contributed by atoms with Gasteiger partial charge in [-0.1, -0.05) is 13.3 Å². The first-order valence-electron chi connectivity index (χ1n) is 2.47. The van der Waals surface area contributed by atoms with E-state index in [9.17, 15) is 0 Å². The Balaban J connectivity index is 0. The summed E-state index contributed by atoms with van der Waals surface area (Å²) in [6.45, 7) is 2.40. The molecule has 0 saturated heterocycles. The van der Waals surface area contributed by atoms with Crippen LogP contribution >= 0.6 is 0 Å². The smallest absolute Gasteiger partial charge is 0.0430 e. The first kappa shape index (κ1) is 10.0. The lowest BCUT2D eigenvalue weighted by Gasteiger charge is -1.79. The van der Waals surface area contributed by atoms with Gasteiger partial charge < -0.3 is 10.2 Å². The van der Waals surface area contributed by atoms with Gasteiger partial charge in [-0.2, -0.15) is 0 Å². The quantitative estimate of drug-likeness (QED) is 0.534. The molecule has 0 heterocycles. The van der Waals surface area contributed by atoms with E-state index in [1.807, 2.05) is 0 Å². The summed E-state index contributed by atoms with van der Waals surface area (Å²) in [7, 11) is 1.00. The summed E-state index contributed by atoms with van der Waals surface area (Å²) in [5.74, 6) is 0. The number of hydrogen-bond donors (Lipinski definition) is 2. The zero-order valence-corrected chi connectivity index (χ0v) is 5.02. The van der Waals surface area contributed by atoms with Crippen LogP contribution in [0, 0.1) is 0 Å². The van der Waals surface area contributed by atoms with Crippen molar-refractivity contribution >= 4 is 0 Å². The fraction of sp³-hybridized carbons (Fsp3) is 1.00. The largest absolute Gasteiger partial charge is 0.400 e. The van der Waals surface area contributed by atoms with Gasteiger partial charge in [0.2, 0.25) is 0 Å². The van der Waals surface area contributed by atoms with Crippen LogP contribution < -0.4 is 0 Å². The maximum Gasteiger partial charge on any atom is 0.0430 e. The summed E-state index contributed by atoms with van der Waals surface area (Å²) in [4.78, 5) is 0. The number of aliphatic hydroxyl groups is 2. The topological polar surface area (TPSA) is 40.5 Å². The molecule has 7 heavy (non-hydrogen) atoms. The van der Waals surface area contributed by atoms with E-state index in [0.717, 1.165) is 20.0 Å². The van der Waals surface area contributed by atoms with E-state index in [0.29, 0.717) is 6.61 Å². The van der Waals surface area contributed by atoms with Crippen LogP contribution in [0.25, 0.3) is 0 Å². The maximum absolute atomic E-state index is 8.07. The number of unbranched alkanes of at least 4 members (excludes halogenated alkanes) is 1. The molecule has 0 aliphatic carbocycles. The predicted molar refractivity (Wildman–Crippen MR) is 30.1 cm³/mol. The molecular formula is C5H14O2. The predicted octanol–water partition coefficient (Wildman–Crippen LogP) is 0.387. The number of rotatable bonds is 2. The van der Waals surface area contributed by atoms with E-state index >= 15 is 0 Å². The van der Waals surface area contributed by atoms with E-state index in [2.05, 4.69) is 6.92 Å². The van der Waals surface area contributed by atoms with Crippen molar-refractivity contribution in [1.82, 2.24) is 0 Å². The van der Waals surface area contributed by atoms with Crippen molar-refractivity contribution in [3.63, 3.8) is 0 Å². The lowest BCUT2D eigenvalue weighted by Crippen LogP contribution is -1.75. The van der Waals surface area contributed by atoms with Crippen molar-refractivity contribution in [3.8, 4) is 0 Å². The number of hydrogen-bond acceptors (Lipinski definition) is 2. The second kappa shape index (κ2) is 16.8. The van der Waals surface area contributed by atoms with Gasteiger partial charge in [0.05, 0.1) is 0 Å². The molecule has 0 atom stereocenters. The van der Waals surface area contributed by atoms with Crippen LogP contribution in [0.5, 0.6) is 0 Å². The molecule has 2 heteroatoms. The standard InChI is InChI=1S/C4H10O.CH4O/c1-2-3-4-5;1-2/h5H,2-4H2,1H3;2H,1H3. The Labute approximate surface area is 44.8 Å². The van der Waals surface area contributed by atoms with E-state index in [1.165, 1.54) is 0 Å². The summed E-state index contributed by atoms with van der Waals surface area (Å²) in [6, 6.07) is 0. The third kappa shape index (κ3) is 24.7. The highest BCUT2D eigenvalue weighted by Gasteiger charge is 1.69. The molecule has 0 aliphatic heterocycles. The Hall–Kier alpha value is -0.0800. The van der Waals surface area contributed by atoms with Crippen LogP contribution in [-0.4, -0.2) is 23.9 Å². The fourth-order valence-corrected chi connectivity index (χ4v) is 0.158. The van der Waals surface area contributed by atoms with Gasteiger partial charge in [-0.15, -0.1) is 0 Å². The first-order valence-corrected chi connectivity index (χ1v) is 2.47. The van der Waals surface area contributed by atoms with Crippen LogP contribution in [0.15, 0.2) is 0 Å². The van der Waals surface area contributed by atoms with Crippen molar-refractivity contribution < 1.29 is 10.2 Å². The van der Waals surface area contributed by atoms with Crippen molar-refractivity contribution in [3.05, 3.63) is 0 Å². The second-order valence-electron chi connectivity index (χ2n) is 1.08. The SMILES string of the molecule is CCCCO.CO. The second-order valence-corrected chi connectivity index (χ2v) is 1.08. The van der Waals surface area contributed by atoms with Gasteiger partial charge >= 0.3 is 0 Å². The molecule has 0 bridgehead atoms. The molecule has 0 aromatic carbocycles. The molecule has 0 amide bonds. The van der Waals surface area contributed by atoms with Gasteiger partial charge in [0.1, 0.15) is 0 Å². The molecule has 0 spiro atoms. The van der Waals surface area contributed by atoms with Gasteiger partial charge in [-0.05, 0) is 6.42 Å². The molecule has 2 nitrogen and oxygen atoms in total. The van der Waals surface area contributed by atoms with Gasteiger partial charge in [-0.3, -0.25) is 0 Å². The van der Waals surface area contributed by atoms with Gasteiger partial charge in [0.25, 0.3) is 0 Å². The minimum absolute atomic E-state index is 0.344. The summed E-state index contributed by atoms with van der Waals surface area (Å²) >= 11 is 0. The Kier molecular flexibility index (Phi) is 24.1. The third-order valence-corrected chi connectivity index (χ3v) is 0.512. The summed E-state index contributed by atoms with van der Waals surface area (Å²) in [5, 5.41) is 15.1. The third-order valence-electron chi connectivity index (χ3n) is 0.512. The van der Waals surface area contributed by atoms with Crippen molar-refractivity contribution in [2.24, 2.45) is 0 Å². The Morgan fingerprint density at radius 3 is 1.71 bits per heavy atom. The minimum atomic E-state index is 0.344. The average Bonchev–Trinajstić information content (AvgIpc) is 1.75. The van der Waals surface area contributed by atoms with Gasteiger partial charge in [0, 0.05) is 13.7 Å². The Morgan fingerprint density at radius 2 is 1.71 bits per heavy atom. The molecule has 0 aromatic rings. The van der Waals surface area contributed by atoms with Crippen LogP contribution in [-0.2, 0) is 0 Å². The van der Waals surface area contributed by atoms with Crippen molar-refractivity contribution in [2.75, 3.05) is 13.7 Å². The fourth-order valence-electron chi connectivity index (χ4n) is 0.158. The maximum atomic E-state index is 8.07. The van der Waals surface area contributed by atoms with Crippen LogP contribution in [0.1, 0.15) is 19.8 Å². The van der Waals surface area contributed by atoms with Crippen molar-refractivity contribution in [2.45, 2.75) is 19.8 Å². The van der Waals surface area contributed by atoms with Crippen LogP contribution in [0.3, 0.4) is 0 Å². The molecule has 0 aromatic heterocycles. The first-order chi connectivity index (χ1) is 3.41. The number of aliphatic hydroxyl groups excluding tert-OH is 2. The van der Waals surface area contributed by atoms with E-state index < -0.39 is 0 Å². The van der Waals surface area contributed by atoms with E-state index in [4.69, 9.17) is 10.2 Å². The van der Waals surface area contributed by atoms with Crippen LogP contribution in [0.4, 0.5) is 0 Å². The zero-order valence-electron chi connectivity index (χ0n) is 5.02. The highest BCUT2D eigenvalue weighted by atomic mass is 16.3. The van der Waals surface area contributed by atoms with E-state index in [-0.39, 0.29) is 0 Å². The normalized spacial score (nSPS) is 6.86. The highest BCUT2D eigenvalue weighted by Crippen LogP contribution is 1.78. The molecule has 2 N–H and O–H groups in total. The Bertz CT molecular complexity index is 13.6. The van der Waals surface area contributed by atoms with Gasteiger partial charge in [0.15, 0.2) is 0 Å². The van der Waals surface area contributed by atoms with Crippen LogP contribution in [0.2, 0.25) is 0 Å². The Morgan fingerprint density at radius 1 is 1.29 bits per heavy atom. The summed E-state index contributed by atoms with van der Waals surface area (Å²) in [5.41, 5.74) is 0. The molecule has 0 aliphatic rings. The summed E-state index contributed by atoms with van der Waals surface area (Å²) < 4.78 is 0. The molecular weight excluding hydrogens is 92.1 g/mol. The average molecular weight is 106 g/mol. The summed E-state index contributed by atoms with van der Waals surface area (Å²) in [6.07, 6.45) is 2.04. The zero-order chi connectivity index (χ0) is 6.12. The lowest BCUT2D eigenvalue weighted by atomic mass is 10.4. The molecule has 0 rings (SSSR count). The molecule has 46 valence electrons. The molecule has 0 unspecified atom stereocenters. The highest BCUT2D eigenvalue weighted by molar-refractivity contribution is 4.23. The monoisotopic (exact) mass is 106 g/mol. The molecule has 0 saturated carbocycles. The van der Waals surface area contributed by atoms with Crippen molar-refractivity contribution in [1.29, 1.82) is 0 Å². The van der Waals surface area contributed by atoms with E-state index in [1.54, 1.807) is 0 Å². The van der Waals surface area contributed by atoms with Gasteiger partial charge in [-0.25, -0.2) is 0 Å². The molecule has 0 fully saturated rings.